The minimum absolute atomic E-state index is 0.283. The number of hydrogen-bond acceptors (Lipinski definition) is 7. The van der Waals surface area contributed by atoms with E-state index in [4.69, 9.17) is 22.1 Å². The molecule has 136 valence electrons. The molecule has 1 saturated heterocycles. The number of anilines is 1. The van der Waals surface area contributed by atoms with Gasteiger partial charge in [-0.2, -0.15) is 0 Å². The Morgan fingerprint density at radius 2 is 1.88 bits per heavy atom. The van der Waals surface area contributed by atoms with Crippen LogP contribution in [-0.4, -0.2) is 54.8 Å². The van der Waals surface area contributed by atoms with E-state index >= 15 is 0 Å². The number of rotatable bonds is 3. The molecule has 5 N–H and O–H groups in total. The van der Waals surface area contributed by atoms with Crippen LogP contribution in [0.25, 0.3) is 22.2 Å². The second-order valence-electron chi connectivity index (χ2n) is 6.14. The molecule has 1 aliphatic heterocycles. The van der Waals surface area contributed by atoms with Gasteiger partial charge in [-0.15, -0.1) is 0 Å². The summed E-state index contributed by atoms with van der Waals surface area (Å²) in [5, 5.41) is 30.9. The first-order valence-corrected chi connectivity index (χ1v) is 8.38. The zero-order valence-electron chi connectivity index (χ0n) is 13.5. The lowest BCUT2D eigenvalue weighted by Crippen LogP contribution is -2.33. The fourth-order valence-electron chi connectivity index (χ4n) is 3.26. The zero-order valence-corrected chi connectivity index (χ0v) is 14.3. The first-order valence-electron chi connectivity index (χ1n) is 8.00. The highest BCUT2D eigenvalue weighted by Gasteiger charge is 2.44. The quantitative estimate of drug-likeness (QED) is 0.536. The Hall–Kier alpha value is -2.23. The fourth-order valence-corrected chi connectivity index (χ4v) is 3.39. The van der Waals surface area contributed by atoms with Gasteiger partial charge in [0.2, 0.25) is 0 Å². The normalized spacial score (nSPS) is 25.8. The molecule has 8 nitrogen and oxygen atoms in total. The number of aromatic nitrogens is 3. The van der Waals surface area contributed by atoms with E-state index in [1.165, 1.54) is 6.33 Å². The summed E-state index contributed by atoms with van der Waals surface area (Å²) >= 11 is 5.97. The maximum absolute atomic E-state index is 10.4. The second-order valence-corrected chi connectivity index (χ2v) is 6.58. The maximum atomic E-state index is 10.4. The van der Waals surface area contributed by atoms with Crippen molar-refractivity contribution in [1.82, 2.24) is 14.5 Å². The van der Waals surface area contributed by atoms with Gasteiger partial charge in [-0.3, -0.25) is 0 Å². The summed E-state index contributed by atoms with van der Waals surface area (Å²) < 4.78 is 7.23. The molecule has 9 heteroatoms. The first kappa shape index (κ1) is 17.2. The molecule has 26 heavy (non-hydrogen) atoms. The van der Waals surface area contributed by atoms with Crippen molar-refractivity contribution in [1.29, 1.82) is 0 Å². The Morgan fingerprint density at radius 3 is 2.54 bits per heavy atom. The summed E-state index contributed by atoms with van der Waals surface area (Å²) in [4.78, 5) is 8.32. The van der Waals surface area contributed by atoms with Crippen LogP contribution in [0.4, 0.5) is 5.82 Å². The average molecular weight is 377 g/mol. The van der Waals surface area contributed by atoms with Gasteiger partial charge in [-0.1, -0.05) is 23.7 Å². The molecule has 4 atom stereocenters. The van der Waals surface area contributed by atoms with Crippen molar-refractivity contribution in [3.63, 3.8) is 0 Å². The predicted molar refractivity (Wildman–Crippen MR) is 95.4 cm³/mol. The highest BCUT2D eigenvalue weighted by molar-refractivity contribution is 6.30. The second kappa shape index (κ2) is 6.49. The van der Waals surface area contributed by atoms with Crippen molar-refractivity contribution in [2.45, 2.75) is 24.5 Å². The predicted octanol–water partition coefficient (Wildman–Crippen LogP) is 0.945. The number of nitrogens with zero attached hydrogens (tertiary/aromatic N) is 3. The lowest BCUT2D eigenvalue weighted by molar-refractivity contribution is -0.0508. The van der Waals surface area contributed by atoms with Gasteiger partial charge in [0.05, 0.1) is 12.0 Å². The van der Waals surface area contributed by atoms with Crippen molar-refractivity contribution in [2.75, 3.05) is 12.3 Å². The first-order chi connectivity index (χ1) is 12.5. The Morgan fingerprint density at radius 1 is 1.15 bits per heavy atom. The lowest BCUT2D eigenvalue weighted by Gasteiger charge is -2.17. The summed E-state index contributed by atoms with van der Waals surface area (Å²) in [6.45, 7) is -0.408. The molecule has 0 bridgehead atoms. The third kappa shape index (κ3) is 2.63. The number of aliphatic hydroxyl groups is 3. The summed E-state index contributed by atoms with van der Waals surface area (Å²) in [6.07, 6.45) is -1.18. The fraction of sp³-hybridized carbons (Fsp3) is 0.294. The molecule has 0 aliphatic carbocycles. The van der Waals surface area contributed by atoms with Crippen LogP contribution in [0.1, 0.15) is 6.23 Å². The van der Waals surface area contributed by atoms with Crippen LogP contribution in [-0.2, 0) is 4.74 Å². The molecule has 4 rings (SSSR count). The van der Waals surface area contributed by atoms with Gasteiger partial charge < -0.3 is 30.4 Å². The molecule has 3 aromatic rings. The van der Waals surface area contributed by atoms with Crippen LogP contribution in [0.3, 0.4) is 0 Å². The summed E-state index contributed by atoms with van der Waals surface area (Å²) in [6, 6.07) is 7.19. The SMILES string of the molecule is Nc1ncnc2c1c(-c1ccc(Cl)cc1)cn2[C@@H]1O[C@H](CO)[C@@H](O)[C@H]1O. The van der Waals surface area contributed by atoms with E-state index in [0.29, 0.717) is 16.1 Å². The molecule has 1 aromatic carbocycles. The Balaban J connectivity index is 1.89. The van der Waals surface area contributed by atoms with E-state index in [-0.39, 0.29) is 5.82 Å². The van der Waals surface area contributed by atoms with Crippen LogP contribution in [0.2, 0.25) is 5.02 Å². The molecule has 3 heterocycles. The van der Waals surface area contributed by atoms with Crippen molar-refractivity contribution in [2.24, 2.45) is 0 Å². The number of nitrogens with two attached hydrogens (primary N) is 1. The van der Waals surface area contributed by atoms with E-state index in [1.54, 1.807) is 22.9 Å². The number of hydrogen-bond donors (Lipinski definition) is 4. The maximum Gasteiger partial charge on any atom is 0.164 e. The summed E-state index contributed by atoms with van der Waals surface area (Å²) in [5.74, 6) is 0.283. The molecule has 1 aliphatic rings. The summed E-state index contributed by atoms with van der Waals surface area (Å²) in [5.41, 5.74) is 8.11. The van der Waals surface area contributed by atoms with Crippen molar-refractivity contribution < 1.29 is 20.1 Å². The molecular weight excluding hydrogens is 360 g/mol. The number of fused-ring (bicyclic) bond motifs is 1. The third-order valence-corrected chi connectivity index (χ3v) is 4.84. The standard InChI is InChI=1S/C17H17ClN4O4/c18-9-3-1-8(2-4-9)10-5-22(16-12(10)15(19)20-7-21-16)17-14(25)13(24)11(6-23)26-17/h1-5,7,11,13-14,17,23-25H,6H2,(H2,19,20,21)/t11-,13-,14-,17-/m1/s1. The van der Waals surface area contributed by atoms with Crippen LogP contribution in [0, 0.1) is 0 Å². The number of nitrogen functional groups attached to an aromatic ring is 1. The molecule has 1 fully saturated rings. The Labute approximate surface area is 153 Å². The number of benzene rings is 1. The van der Waals surface area contributed by atoms with Gasteiger partial charge in [0, 0.05) is 16.8 Å². The molecule has 0 spiro atoms. The zero-order chi connectivity index (χ0) is 18.4. The van der Waals surface area contributed by atoms with Crippen molar-refractivity contribution >= 4 is 28.5 Å². The third-order valence-electron chi connectivity index (χ3n) is 4.59. The molecule has 0 radical (unpaired) electrons. The lowest BCUT2D eigenvalue weighted by atomic mass is 10.1. The van der Waals surface area contributed by atoms with E-state index in [2.05, 4.69) is 9.97 Å². The topological polar surface area (TPSA) is 127 Å². The minimum atomic E-state index is -1.22. The molecule has 0 amide bonds. The van der Waals surface area contributed by atoms with Crippen molar-refractivity contribution in [3.05, 3.63) is 41.8 Å². The van der Waals surface area contributed by atoms with E-state index in [1.807, 2.05) is 12.1 Å². The Kier molecular flexibility index (Phi) is 4.29. The van der Waals surface area contributed by atoms with E-state index in [9.17, 15) is 15.3 Å². The van der Waals surface area contributed by atoms with Crippen LogP contribution >= 0.6 is 11.6 Å². The van der Waals surface area contributed by atoms with Gasteiger partial charge in [-0.05, 0) is 17.7 Å². The molecule has 0 saturated carbocycles. The Bertz CT molecular complexity index is 946. The van der Waals surface area contributed by atoms with Gasteiger partial charge in [0.25, 0.3) is 0 Å². The van der Waals surface area contributed by atoms with Crippen LogP contribution in [0.15, 0.2) is 36.8 Å². The van der Waals surface area contributed by atoms with Crippen LogP contribution in [0.5, 0.6) is 0 Å². The highest BCUT2D eigenvalue weighted by atomic mass is 35.5. The average Bonchev–Trinajstić information content (AvgIpc) is 3.15. The monoisotopic (exact) mass is 376 g/mol. The highest BCUT2D eigenvalue weighted by Crippen LogP contribution is 2.38. The largest absolute Gasteiger partial charge is 0.394 e. The van der Waals surface area contributed by atoms with Crippen LogP contribution < -0.4 is 5.73 Å². The smallest absolute Gasteiger partial charge is 0.164 e. The van der Waals surface area contributed by atoms with E-state index < -0.39 is 31.1 Å². The van der Waals surface area contributed by atoms with Gasteiger partial charge >= 0.3 is 0 Å². The van der Waals surface area contributed by atoms with Gasteiger partial charge in [0.1, 0.15) is 36.1 Å². The van der Waals surface area contributed by atoms with Crippen molar-refractivity contribution in [3.8, 4) is 11.1 Å². The van der Waals surface area contributed by atoms with Gasteiger partial charge in [0.15, 0.2) is 6.23 Å². The number of aliphatic hydroxyl groups excluding tert-OH is 3. The molecule has 2 aromatic heterocycles. The van der Waals surface area contributed by atoms with E-state index in [0.717, 1.165) is 11.1 Å². The molecular formula is C17H17ClN4O4. The minimum Gasteiger partial charge on any atom is -0.394 e. The molecule has 0 unspecified atom stereocenters. The van der Waals surface area contributed by atoms with Gasteiger partial charge in [-0.25, -0.2) is 9.97 Å². The number of halogens is 1. The summed E-state index contributed by atoms with van der Waals surface area (Å²) in [7, 11) is 0. The number of ether oxygens (including phenoxy) is 1.